The molecule has 2 rings (SSSR count). The molecule has 1 aliphatic rings. The third-order valence-electron chi connectivity index (χ3n) is 4.38. The molecule has 0 unspecified atom stereocenters. The lowest BCUT2D eigenvalue weighted by atomic mass is 9.95. The van der Waals surface area contributed by atoms with Gasteiger partial charge in [0.1, 0.15) is 0 Å². The SMILES string of the molecule is CCN(CC)CC1CCN(C(=O)c2cccc(I)c2)CC1. The summed E-state index contributed by atoms with van der Waals surface area (Å²) < 4.78 is 1.12. The van der Waals surface area contributed by atoms with E-state index in [4.69, 9.17) is 0 Å². The highest BCUT2D eigenvalue weighted by Crippen LogP contribution is 2.20. The summed E-state index contributed by atoms with van der Waals surface area (Å²) in [6.45, 7) is 9.67. The molecule has 1 heterocycles. The number of nitrogens with zero attached hydrogens (tertiary/aromatic N) is 2. The lowest BCUT2D eigenvalue weighted by Gasteiger charge is -2.34. The molecule has 1 aromatic rings. The Morgan fingerprint density at radius 3 is 2.52 bits per heavy atom. The lowest BCUT2D eigenvalue weighted by Crippen LogP contribution is -2.41. The number of halogens is 1. The number of carbonyl (C=O) groups excluding carboxylic acids is 1. The third-order valence-corrected chi connectivity index (χ3v) is 5.06. The molecule has 21 heavy (non-hydrogen) atoms. The molecule has 0 aromatic heterocycles. The van der Waals surface area contributed by atoms with Crippen molar-refractivity contribution in [3.8, 4) is 0 Å². The molecule has 1 aliphatic heterocycles. The van der Waals surface area contributed by atoms with Crippen LogP contribution in [0.15, 0.2) is 24.3 Å². The Hall–Kier alpha value is -0.620. The summed E-state index contributed by atoms with van der Waals surface area (Å²) in [7, 11) is 0. The minimum absolute atomic E-state index is 0.190. The second-order valence-corrected chi connectivity index (χ2v) is 6.98. The Morgan fingerprint density at radius 2 is 1.95 bits per heavy atom. The van der Waals surface area contributed by atoms with Gasteiger partial charge in [-0.25, -0.2) is 0 Å². The maximum absolute atomic E-state index is 12.5. The van der Waals surface area contributed by atoms with Gasteiger partial charge in [0.2, 0.25) is 0 Å². The van der Waals surface area contributed by atoms with E-state index in [0.717, 1.165) is 54.1 Å². The van der Waals surface area contributed by atoms with Crippen molar-refractivity contribution in [3.05, 3.63) is 33.4 Å². The second-order valence-electron chi connectivity index (χ2n) is 5.73. The van der Waals surface area contributed by atoms with E-state index in [1.54, 1.807) is 0 Å². The summed E-state index contributed by atoms with van der Waals surface area (Å²) in [4.78, 5) is 17.0. The summed E-state index contributed by atoms with van der Waals surface area (Å²) in [5, 5.41) is 0. The minimum Gasteiger partial charge on any atom is -0.339 e. The van der Waals surface area contributed by atoms with Crippen LogP contribution in [0.2, 0.25) is 0 Å². The molecule has 1 saturated heterocycles. The van der Waals surface area contributed by atoms with Gasteiger partial charge in [0.25, 0.3) is 5.91 Å². The molecular formula is C17H25IN2O. The average Bonchev–Trinajstić information content (AvgIpc) is 2.52. The summed E-state index contributed by atoms with van der Waals surface area (Å²) in [5.41, 5.74) is 0.823. The zero-order chi connectivity index (χ0) is 15.2. The van der Waals surface area contributed by atoms with Crippen LogP contribution in [-0.4, -0.2) is 48.4 Å². The first kappa shape index (κ1) is 16.7. The molecule has 0 radical (unpaired) electrons. The van der Waals surface area contributed by atoms with Gasteiger partial charge in [0.05, 0.1) is 0 Å². The van der Waals surface area contributed by atoms with E-state index in [1.165, 1.54) is 6.54 Å². The Labute approximate surface area is 141 Å². The van der Waals surface area contributed by atoms with E-state index >= 15 is 0 Å². The highest BCUT2D eigenvalue weighted by molar-refractivity contribution is 14.1. The van der Waals surface area contributed by atoms with E-state index < -0.39 is 0 Å². The molecule has 3 nitrogen and oxygen atoms in total. The first-order valence-corrected chi connectivity index (χ1v) is 8.99. The summed E-state index contributed by atoms with van der Waals surface area (Å²) >= 11 is 2.26. The largest absolute Gasteiger partial charge is 0.339 e. The predicted octanol–water partition coefficient (Wildman–Crippen LogP) is 3.49. The minimum atomic E-state index is 0.190. The fraction of sp³-hybridized carbons (Fsp3) is 0.588. The van der Waals surface area contributed by atoms with E-state index in [2.05, 4.69) is 41.3 Å². The van der Waals surface area contributed by atoms with Gasteiger partial charge < -0.3 is 9.80 Å². The van der Waals surface area contributed by atoms with Crippen molar-refractivity contribution in [2.75, 3.05) is 32.7 Å². The number of hydrogen-bond donors (Lipinski definition) is 0. The molecule has 0 N–H and O–H groups in total. The topological polar surface area (TPSA) is 23.6 Å². The van der Waals surface area contributed by atoms with Gasteiger partial charge in [-0.2, -0.15) is 0 Å². The summed E-state index contributed by atoms with van der Waals surface area (Å²) in [6.07, 6.45) is 2.26. The van der Waals surface area contributed by atoms with Crippen molar-refractivity contribution in [3.63, 3.8) is 0 Å². The molecule has 0 saturated carbocycles. The number of carbonyl (C=O) groups is 1. The normalized spacial score (nSPS) is 16.5. The first-order valence-electron chi connectivity index (χ1n) is 7.91. The van der Waals surface area contributed by atoms with E-state index in [1.807, 2.05) is 29.2 Å². The molecule has 1 amide bonds. The van der Waals surface area contributed by atoms with Crippen LogP contribution < -0.4 is 0 Å². The van der Waals surface area contributed by atoms with Crippen molar-refractivity contribution in [2.24, 2.45) is 5.92 Å². The van der Waals surface area contributed by atoms with Crippen LogP contribution in [0.4, 0.5) is 0 Å². The summed E-state index contributed by atoms with van der Waals surface area (Å²) in [6, 6.07) is 7.88. The van der Waals surface area contributed by atoms with Crippen molar-refractivity contribution in [1.82, 2.24) is 9.80 Å². The fourth-order valence-electron chi connectivity index (χ4n) is 2.97. The molecule has 0 bridgehead atoms. The first-order chi connectivity index (χ1) is 10.1. The number of likely N-dealkylation sites (tertiary alicyclic amines) is 1. The van der Waals surface area contributed by atoms with E-state index in [0.29, 0.717) is 0 Å². The molecule has 0 atom stereocenters. The van der Waals surface area contributed by atoms with Gasteiger partial charge >= 0.3 is 0 Å². The number of rotatable bonds is 5. The Balaban J connectivity index is 1.87. The zero-order valence-corrected chi connectivity index (χ0v) is 15.2. The Bertz CT molecular complexity index is 466. The van der Waals surface area contributed by atoms with Crippen molar-refractivity contribution in [2.45, 2.75) is 26.7 Å². The summed E-state index contributed by atoms with van der Waals surface area (Å²) in [5.74, 6) is 0.930. The highest BCUT2D eigenvalue weighted by atomic mass is 127. The maximum atomic E-state index is 12.5. The number of amides is 1. The van der Waals surface area contributed by atoms with Gasteiger partial charge in [0.15, 0.2) is 0 Å². The van der Waals surface area contributed by atoms with Crippen molar-refractivity contribution < 1.29 is 4.79 Å². The molecule has 1 aromatic carbocycles. The average molecular weight is 400 g/mol. The lowest BCUT2D eigenvalue weighted by molar-refractivity contribution is 0.0669. The monoisotopic (exact) mass is 400 g/mol. The van der Waals surface area contributed by atoms with Gasteiger partial charge in [-0.1, -0.05) is 19.9 Å². The Morgan fingerprint density at radius 1 is 1.29 bits per heavy atom. The van der Waals surface area contributed by atoms with Crippen LogP contribution in [-0.2, 0) is 0 Å². The third kappa shape index (κ3) is 4.68. The maximum Gasteiger partial charge on any atom is 0.253 e. The molecular weight excluding hydrogens is 375 g/mol. The van der Waals surface area contributed by atoms with E-state index in [9.17, 15) is 4.79 Å². The van der Waals surface area contributed by atoms with Crippen LogP contribution in [0.25, 0.3) is 0 Å². The Kier molecular flexibility index (Phi) is 6.48. The molecule has 116 valence electrons. The predicted molar refractivity (Wildman–Crippen MR) is 95.6 cm³/mol. The molecule has 1 fully saturated rings. The van der Waals surface area contributed by atoms with Crippen molar-refractivity contribution >= 4 is 28.5 Å². The van der Waals surface area contributed by atoms with Crippen LogP contribution >= 0.6 is 22.6 Å². The van der Waals surface area contributed by atoms with Gasteiger partial charge in [-0.05, 0) is 72.6 Å². The van der Waals surface area contributed by atoms with Gasteiger partial charge in [-0.3, -0.25) is 4.79 Å². The molecule has 0 aliphatic carbocycles. The number of piperidine rings is 1. The van der Waals surface area contributed by atoms with Crippen LogP contribution in [0.5, 0.6) is 0 Å². The quantitative estimate of drug-likeness (QED) is 0.707. The molecule has 0 spiro atoms. The van der Waals surface area contributed by atoms with Crippen LogP contribution in [0.1, 0.15) is 37.0 Å². The zero-order valence-electron chi connectivity index (χ0n) is 13.0. The van der Waals surface area contributed by atoms with Crippen LogP contribution in [0.3, 0.4) is 0 Å². The van der Waals surface area contributed by atoms with Gasteiger partial charge in [0, 0.05) is 28.8 Å². The van der Waals surface area contributed by atoms with Gasteiger partial charge in [-0.15, -0.1) is 0 Å². The van der Waals surface area contributed by atoms with E-state index in [-0.39, 0.29) is 5.91 Å². The standard InChI is InChI=1S/C17H25IN2O/c1-3-19(4-2)13-14-8-10-20(11-9-14)17(21)15-6-5-7-16(18)12-15/h5-7,12,14H,3-4,8-11,13H2,1-2H3. The highest BCUT2D eigenvalue weighted by Gasteiger charge is 2.24. The molecule has 4 heteroatoms. The fourth-order valence-corrected chi connectivity index (χ4v) is 3.51. The van der Waals surface area contributed by atoms with Crippen molar-refractivity contribution in [1.29, 1.82) is 0 Å². The van der Waals surface area contributed by atoms with Crippen LogP contribution in [0, 0.1) is 9.49 Å². The number of hydrogen-bond acceptors (Lipinski definition) is 2. The number of benzene rings is 1. The second kappa shape index (κ2) is 8.13. The smallest absolute Gasteiger partial charge is 0.253 e.